The minimum atomic E-state index is 0.849. The third kappa shape index (κ3) is 3.76. The van der Waals surface area contributed by atoms with Gasteiger partial charge in [-0.15, -0.1) is 0 Å². The van der Waals surface area contributed by atoms with Crippen LogP contribution in [0, 0.1) is 0 Å². The molecule has 268 valence electrons. The van der Waals surface area contributed by atoms with Gasteiger partial charge < -0.3 is 18.0 Å². The quantitative estimate of drug-likeness (QED) is 0.166. The molecule has 0 aliphatic carbocycles. The average molecular weight is 741 g/mol. The first-order chi connectivity index (χ1) is 28.8. The molecule has 6 heteroatoms. The average Bonchev–Trinajstić information content (AvgIpc) is 4.03. The summed E-state index contributed by atoms with van der Waals surface area (Å²) >= 11 is 0. The summed E-state index contributed by atoms with van der Waals surface area (Å²) in [7, 11) is 0. The topological polar surface area (TPSA) is 61.9 Å². The molecule has 0 aliphatic rings. The lowest BCUT2D eigenvalue weighted by molar-refractivity contribution is 0.668. The van der Waals surface area contributed by atoms with Gasteiger partial charge in [0.05, 0.1) is 44.5 Å². The molecule has 0 bridgehead atoms. The molecular formula is C52H28N4O2. The molecule has 8 aromatic carbocycles. The van der Waals surface area contributed by atoms with Crippen LogP contribution >= 0.6 is 0 Å². The van der Waals surface area contributed by atoms with E-state index in [2.05, 4.69) is 130 Å². The van der Waals surface area contributed by atoms with Crippen LogP contribution in [0.3, 0.4) is 0 Å². The summed E-state index contributed by atoms with van der Waals surface area (Å²) in [4.78, 5) is 10.3. The maximum atomic E-state index is 6.50. The van der Waals surface area contributed by atoms with Crippen LogP contribution in [0.15, 0.2) is 179 Å². The molecule has 0 unspecified atom stereocenters. The molecule has 6 aromatic heterocycles. The Hall–Kier alpha value is -7.96. The first-order valence-electron chi connectivity index (χ1n) is 19.6. The van der Waals surface area contributed by atoms with E-state index in [-0.39, 0.29) is 0 Å². The lowest BCUT2D eigenvalue weighted by atomic mass is 9.91. The van der Waals surface area contributed by atoms with Crippen molar-refractivity contribution in [1.29, 1.82) is 0 Å². The Kier molecular flexibility index (Phi) is 5.68. The monoisotopic (exact) mass is 740 g/mol. The SMILES string of the molecule is c1ccc2c(c1)oc1cc(-n3c4cccnc4c4c5ccccc5c5c(c6ccccc6c6c7ncccc7n(-c7ccc8c(c7)oc7ccccc78)c65)c43)ccc12. The molecule has 0 fully saturated rings. The highest BCUT2D eigenvalue weighted by Gasteiger charge is 2.27. The highest BCUT2D eigenvalue weighted by atomic mass is 16.3. The summed E-state index contributed by atoms with van der Waals surface area (Å²) in [5, 5.41) is 13.6. The van der Waals surface area contributed by atoms with Crippen LogP contribution < -0.4 is 0 Å². The van der Waals surface area contributed by atoms with Gasteiger partial charge >= 0.3 is 0 Å². The number of furan rings is 2. The third-order valence-corrected chi connectivity index (χ3v) is 12.3. The second-order valence-electron chi connectivity index (χ2n) is 15.3. The van der Waals surface area contributed by atoms with E-state index in [4.69, 9.17) is 18.8 Å². The summed E-state index contributed by atoms with van der Waals surface area (Å²) in [5.41, 5.74) is 11.7. The fraction of sp³-hybridized carbons (Fsp3) is 0. The zero-order chi connectivity index (χ0) is 37.6. The van der Waals surface area contributed by atoms with Gasteiger partial charge in [-0.25, -0.2) is 0 Å². The maximum Gasteiger partial charge on any atom is 0.137 e. The number of benzene rings is 8. The van der Waals surface area contributed by atoms with E-state index in [0.29, 0.717) is 0 Å². The summed E-state index contributed by atoms with van der Waals surface area (Å²) in [6.07, 6.45) is 3.82. The number of fused-ring (bicyclic) bond motifs is 21. The van der Waals surface area contributed by atoms with Crippen molar-refractivity contribution in [2.45, 2.75) is 0 Å². The van der Waals surface area contributed by atoms with Crippen molar-refractivity contribution in [3.8, 4) is 11.4 Å². The number of pyridine rings is 2. The van der Waals surface area contributed by atoms with Crippen molar-refractivity contribution in [3.05, 3.63) is 170 Å². The first kappa shape index (κ1) is 30.3. The predicted octanol–water partition coefficient (Wildman–Crippen LogP) is 13.9. The minimum Gasteiger partial charge on any atom is -0.456 e. The van der Waals surface area contributed by atoms with Crippen LogP contribution in [-0.2, 0) is 0 Å². The molecule has 0 saturated carbocycles. The summed E-state index contributed by atoms with van der Waals surface area (Å²) < 4.78 is 17.8. The Morgan fingerprint density at radius 2 is 0.707 bits per heavy atom. The Morgan fingerprint density at radius 1 is 0.328 bits per heavy atom. The smallest absolute Gasteiger partial charge is 0.137 e. The summed E-state index contributed by atoms with van der Waals surface area (Å²) in [6.45, 7) is 0. The summed E-state index contributed by atoms with van der Waals surface area (Å²) in [5.74, 6) is 0. The lowest BCUT2D eigenvalue weighted by Crippen LogP contribution is -1.98. The molecule has 0 radical (unpaired) electrons. The Bertz CT molecular complexity index is 3840. The van der Waals surface area contributed by atoms with Crippen LogP contribution in [0.1, 0.15) is 0 Å². The van der Waals surface area contributed by atoms with Crippen molar-refractivity contribution in [2.24, 2.45) is 0 Å². The molecule has 14 aromatic rings. The van der Waals surface area contributed by atoms with Gasteiger partial charge in [-0.2, -0.15) is 0 Å². The van der Waals surface area contributed by atoms with Gasteiger partial charge in [-0.1, -0.05) is 84.9 Å². The number of hydrogen-bond acceptors (Lipinski definition) is 4. The van der Waals surface area contributed by atoms with E-state index in [1.165, 1.54) is 0 Å². The molecule has 6 heterocycles. The fourth-order valence-electron chi connectivity index (χ4n) is 10.1. The molecule has 0 spiro atoms. The number of rotatable bonds is 2. The maximum absolute atomic E-state index is 6.50. The molecular weight excluding hydrogens is 713 g/mol. The fourth-order valence-corrected chi connectivity index (χ4v) is 10.1. The van der Waals surface area contributed by atoms with Gasteiger partial charge in [0, 0.05) is 67.6 Å². The second-order valence-corrected chi connectivity index (χ2v) is 15.3. The van der Waals surface area contributed by atoms with E-state index in [0.717, 1.165) is 131 Å². The van der Waals surface area contributed by atoms with Crippen LogP contribution in [0.25, 0.3) is 131 Å². The van der Waals surface area contributed by atoms with E-state index in [9.17, 15) is 0 Å². The van der Waals surface area contributed by atoms with Gasteiger partial charge in [0.15, 0.2) is 0 Å². The molecule has 0 saturated heterocycles. The van der Waals surface area contributed by atoms with Crippen molar-refractivity contribution in [1.82, 2.24) is 19.1 Å². The van der Waals surface area contributed by atoms with E-state index in [1.54, 1.807) is 0 Å². The Morgan fingerprint density at radius 3 is 1.16 bits per heavy atom. The van der Waals surface area contributed by atoms with Gasteiger partial charge in [0.1, 0.15) is 22.3 Å². The molecule has 0 aliphatic heterocycles. The van der Waals surface area contributed by atoms with Gasteiger partial charge in [0.2, 0.25) is 0 Å². The van der Waals surface area contributed by atoms with Crippen LogP contribution in [0.4, 0.5) is 0 Å². The second kappa shape index (κ2) is 10.9. The summed E-state index contributed by atoms with van der Waals surface area (Å²) in [6, 6.07) is 55.8. The number of para-hydroxylation sites is 2. The first-order valence-corrected chi connectivity index (χ1v) is 19.6. The largest absolute Gasteiger partial charge is 0.456 e. The van der Waals surface area contributed by atoms with E-state index in [1.807, 2.05) is 48.8 Å². The molecule has 58 heavy (non-hydrogen) atoms. The molecule has 14 rings (SSSR count). The zero-order valence-corrected chi connectivity index (χ0v) is 30.8. The molecule has 0 atom stereocenters. The Labute approximate surface area is 328 Å². The van der Waals surface area contributed by atoms with Crippen LogP contribution in [0.5, 0.6) is 0 Å². The standard InChI is InChI=1S/C52H28N4O2/c1-3-15-37-35(13-1)45-46(52-47(37)49-39(17-9-25-53-49)56(52)30-22-24-34-32-12-6-8-20-42(32)58-44(34)28-30)36-14-2-4-16-38(36)48-50-40(18-10-26-54-50)55(51(45)48)29-21-23-33-31-11-5-7-19-41(31)57-43(33)27-29/h1-28H. The normalized spacial score (nSPS) is 12.5. The number of aromatic nitrogens is 4. The Balaban J connectivity index is 1.24. The highest BCUT2D eigenvalue weighted by molar-refractivity contribution is 6.43. The highest BCUT2D eigenvalue weighted by Crippen LogP contribution is 2.50. The third-order valence-electron chi connectivity index (χ3n) is 12.3. The van der Waals surface area contributed by atoms with Gasteiger partial charge in [0.25, 0.3) is 0 Å². The van der Waals surface area contributed by atoms with Gasteiger partial charge in [-0.05, 0) is 82.2 Å². The minimum absolute atomic E-state index is 0.849. The van der Waals surface area contributed by atoms with Crippen molar-refractivity contribution in [2.75, 3.05) is 0 Å². The van der Waals surface area contributed by atoms with E-state index >= 15 is 0 Å². The lowest BCUT2D eigenvalue weighted by Gasteiger charge is -2.17. The number of nitrogens with zero attached hydrogens (tertiary/aromatic N) is 4. The van der Waals surface area contributed by atoms with Crippen LogP contribution in [0.2, 0.25) is 0 Å². The van der Waals surface area contributed by atoms with Crippen molar-refractivity contribution < 1.29 is 8.83 Å². The molecule has 0 N–H and O–H groups in total. The van der Waals surface area contributed by atoms with Crippen LogP contribution in [-0.4, -0.2) is 19.1 Å². The zero-order valence-electron chi connectivity index (χ0n) is 30.8. The molecule has 6 nitrogen and oxygen atoms in total. The van der Waals surface area contributed by atoms with E-state index < -0.39 is 0 Å². The molecule has 0 amide bonds. The van der Waals surface area contributed by atoms with Gasteiger partial charge in [-0.3, -0.25) is 9.97 Å². The van der Waals surface area contributed by atoms with Crippen molar-refractivity contribution >= 4 is 120 Å². The van der Waals surface area contributed by atoms with Crippen molar-refractivity contribution in [3.63, 3.8) is 0 Å². The predicted molar refractivity (Wildman–Crippen MR) is 238 cm³/mol. The number of hydrogen-bond donors (Lipinski definition) is 0.